The second-order valence-electron chi connectivity index (χ2n) is 4.81. The van der Waals surface area contributed by atoms with Crippen LogP contribution >= 0.6 is 11.6 Å². The molecular formula is C15H16ClNO2S. The molecule has 0 radical (unpaired) electrons. The topological polar surface area (TPSA) is 46.2 Å². The van der Waals surface area contributed by atoms with Gasteiger partial charge in [-0.3, -0.25) is 4.72 Å². The molecule has 0 aliphatic carbocycles. The van der Waals surface area contributed by atoms with E-state index < -0.39 is 10.0 Å². The van der Waals surface area contributed by atoms with Gasteiger partial charge in [0.25, 0.3) is 10.0 Å². The Kier molecular flexibility index (Phi) is 4.35. The van der Waals surface area contributed by atoms with E-state index in [0.29, 0.717) is 11.6 Å². The van der Waals surface area contributed by atoms with Crippen LogP contribution in [0.3, 0.4) is 0 Å². The maximum Gasteiger partial charge on any atom is 0.263 e. The number of benzene rings is 2. The lowest BCUT2D eigenvalue weighted by molar-refractivity contribution is 0.601. The summed E-state index contributed by atoms with van der Waals surface area (Å²) < 4.78 is 27.0. The molecule has 0 aliphatic heterocycles. The molecule has 2 rings (SSSR count). The molecule has 0 saturated carbocycles. The number of hydrogen-bond acceptors (Lipinski definition) is 2. The molecule has 2 aromatic carbocycles. The lowest BCUT2D eigenvalue weighted by Gasteiger charge is -2.11. The lowest BCUT2D eigenvalue weighted by Crippen LogP contribution is -2.13. The monoisotopic (exact) mass is 309 g/mol. The minimum absolute atomic E-state index is 0.0783. The molecule has 0 unspecified atom stereocenters. The van der Waals surface area contributed by atoms with Crippen LogP contribution in [0.2, 0.25) is 5.02 Å². The van der Waals surface area contributed by atoms with Gasteiger partial charge in [0.15, 0.2) is 0 Å². The van der Waals surface area contributed by atoms with Crippen LogP contribution in [0.1, 0.15) is 25.3 Å². The van der Waals surface area contributed by atoms with Gasteiger partial charge in [0.05, 0.1) is 5.02 Å². The maximum atomic E-state index is 12.2. The molecule has 0 atom stereocenters. The Bertz CT molecular complexity index is 694. The van der Waals surface area contributed by atoms with Crippen LogP contribution in [-0.4, -0.2) is 8.42 Å². The smallest absolute Gasteiger partial charge is 0.263 e. The number of halogens is 1. The highest BCUT2D eigenvalue weighted by Gasteiger charge is 2.17. The highest BCUT2D eigenvalue weighted by molar-refractivity contribution is 7.92. The van der Waals surface area contributed by atoms with Crippen molar-refractivity contribution in [3.8, 4) is 0 Å². The average molecular weight is 310 g/mol. The number of sulfonamides is 1. The van der Waals surface area contributed by atoms with E-state index >= 15 is 0 Å². The van der Waals surface area contributed by atoms with E-state index in [-0.39, 0.29) is 9.92 Å². The van der Waals surface area contributed by atoms with Gasteiger partial charge in [0.1, 0.15) is 4.90 Å². The fourth-order valence-corrected chi connectivity index (χ4v) is 3.39. The van der Waals surface area contributed by atoms with Gasteiger partial charge in [-0.25, -0.2) is 8.42 Å². The fourth-order valence-electron chi connectivity index (χ4n) is 1.81. The Hall–Kier alpha value is -1.52. The first-order valence-corrected chi connectivity index (χ1v) is 8.13. The Morgan fingerprint density at radius 1 is 1.00 bits per heavy atom. The summed E-state index contributed by atoms with van der Waals surface area (Å²) in [4.78, 5) is 0.0783. The van der Waals surface area contributed by atoms with Crippen molar-refractivity contribution in [1.82, 2.24) is 0 Å². The third kappa shape index (κ3) is 3.32. The summed E-state index contributed by atoms with van der Waals surface area (Å²) in [7, 11) is -3.66. The van der Waals surface area contributed by atoms with E-state index in [2.05, 4.69) is 18.6 Å². The van der Waals surface area contributed by atoms with Crippen molar-refractivity contribution in [2.45, 2.75) is 24.7 Å². The first kappa shape index (κ1) is 14.9. The normalized spacial score (nSPS) is 11.6. The fraction of sp³-hybridized carbons (Fsp3) is 0.200. The minimum atomic E-state index is -3.66. The summed E-state index contributed by atoms with van der Waals surface area (Å²) in [5.74, 6) is 0.407. The van der Waals surface area contributed by atoms with Crippen LogP contribution in [0.4, 0.5) is 5.69 Å². The molecule has 0 spiro atoms. The minimum Gasteiger partial charge on any atom is -0.280 e. The average Bonchev–Trinajstić information content (AvgIpc) is 2.39. The molecule has 5 heteroatoms. The van der Waals surface area contributed by atoms with Crippen molar-refractivity contribution in [2.24, 2.45) is 0 Å². The van der Waals surface area contributed by atoms with Gasteiger partial charge >= 0.3 is 0 Å². The Balaban J connectivity index is 2.27. The van der Waals surface area contributed by atoms with Crippen LogP contribution < -0.4 is 4.72 Å². The summed E-state index contributed by atoms with van der Waals surface area (Å²) in [5.41, 5.74) is 1.68. The number of rotatable bonds is 4. The van der Waals surface area contributed by atoms with Gasteiger partial charge in [-0.15, -0.1) is 0 Å². The third-order valence-corrected chi connectivity index (χ3v) is 4.84. The summed E-state index contributed by atoms with van der Waals surface area (Å²) in [6, 6.07) is 13.7. The van der Waals surface area contributed by atoms with Gasteiger partial charge in [0, 0.05) is 5.69 Å². The number of anilines is 1. The van der Waals surface area contributed by atoms with Crippen molar-refractivity contribution >= 4 is 27.3 Å². The predicted octanol–water partition coefficient (Wildman–Crippen LogP) is 4.26. The van der Waals surface area contributed by atoms with Gasteiger partial charge in [-0.2, -0.15) is 0 Å². The van der Waals surface area contributed by atoms with E-state index in [1.165, 1.54) is 6.07 Å². The van der Waals surface area contributed by atoms with Crippen molar-refractivity contribution < 1.29 is 8.42 Å². The van der Waals surface area contributed by atoms with Gasteiger partial charge in [0.2, 0.25) is 0 Å². The molecule has 0 fully saturated rings. The SMILES string of the molecule is CC(C)c1ccc(NS(=O)(=O)c2ccccc2Cl)cc1. The van der Waals surface area contributed by atoms with Crippen molar-refractivity contribution in [3.63, 3.8) is 0 Å². The van der Waals surface area contributed by atoms with Crippen molar-refractivity contribution in [1.29, 1.82) is 0 Å². The molecule has 0 aliphatic rings. The summed E-state index contributed by atoms with van der Waals surface area (Å²) >= 11 is 5.92. The Labute approximate surface area is 124 Å². The van der Waals surface area contributed by atoms with Gasteiger partial charge in [-0.05, 0) is 35.7 Å². The molecule has 0 saturated heterocycles. The molecule has 3 nitrogen and oxygen atoms in total. The van der Waals surface area contributed by atoms with Crippen LogP contribution in [0.25, 0.3) is 0 Å². The largest absolute Gasteiger partial charge is 0.280 e. The van der Waals surface area contributed by atoms with E-state index in [1.807, 2.05) is 12.1 Å². The van der Waals surface area contributed by atoms with Gasteiger partial charge < -0.3 is 0 Å². The Morgan fingerprint density at radius 2 is 1.60 bits per heavy atom. The van der Waals surface area contributed by atoms with Crippen LogP contribution in [-0.2, 0) is 10.0 Å². The molecule has 20 heavy (non-hydrogen) atoms. The first-order chi connectivity index (χ1) is 9.40. The van der Waals surface area contributed by atoms with Crippen molar-refractivity contribution in [3.05, 3.63) is 59.1 Å². The third-order valence-electron chi connectivity index (χ3n) is 2.96. The molecule has 1 N–H and O–H groups in total. The molecule has 0 heterocycles. The molecule has 0 amide bonds. The highest BCUT2D eigenvalue weighted by atomic mass is 35.5. The van der Waals surface area contributed by atoms with E-state index in [0.717, 1.165) is 5.56 Å². The summed E-state index contributed by atoms with van der Waals surface area (Å²) in [6.45, 7) is 4.17. The van der Waals surface area contributed by atoms with Crippen LogP contribution in [0, 0.1) is 0 Å². The quantitative estimate of drug-likeness (QED) is 0.917. The Morgan fingerprint density at radius 3 is 2.15 bits per heavy atom. The van der Waals surface area contributed by atoms with E-state index in [4.69, 9.17) is 11.6 Å². The molecular weight excluding hydrogens is 294 g/mol. The van der Waals surface area contributed by atoms with Crippen LogP contribution in [0.15, 0.2) is 53.4 Å². The number of nitrogens with one attached hydrogen (secondary N) is 1. The molecule has 0 bridgehead atoms. The zero-order chi connectivity index (χ0) is 14.8. The molecule has 2 aromatic rings. The molecule has 0 aromatic heterocycles. The second kappa shape index (κ2) is 5.85. The summed E-state index contributed by atoms with van der Waals surface area (Å²) in [6.07, 6.45) is 0. The van der Waals surface area contributed by atoms with E-state index in [1.54, 1.807) is 30.3 Å². The molecule has 106 valence electrons. The van der Waals surface area contributed by atoms with Crippen molar-refractivity contribution in [2.75, 3.05) is 4.72 Å². The van der Waals surface area contributed by atoms with Crippen LogP contribution in [0.5, 0.6) is 0 Å². The van der Waals surface area contributed by atoms with Gasteiger partial charge in [-0.1, -0.05) is 49.7 Å². The zero-order valence-corrected chi connectivity index (χ0v) is 12.9. The first-order valence-electron chi connectivity index (χ1n) is 6.27. The number of hydrogen-bond donors (Lipinski definition) is 1. The zero-order valence-electron chi connectivity index (χ0n) is 11.3. The second-order valence-corrected chi connectivity index (χ2v) is 6.87. The lowest BCUT2D eigenvalue weighted by atomic mass is 10.0. The standard InChI is InChI=1S/C15H16ClNO2S/c1-11(2)12-7-9-13(10-8-12)17-20(18,19)15-6-4-3-5-14(15)16/h3-11,17H,1-2H3. The highest BCUT2D eigenvalue weighted by Crippen LogP contribution is 2.24. The predicted molar refractivity (Wildman–Crippen MR) is 82.8 cm³/mol. The summed E-state index contributed by atoms with van der Waals surface area (Å²) in [5, 5.41) is 0.207. The maximum absolute atomic E-state index is 12.2. The van der Waals surface area contributed by atoms with E-state index in [9.17, 15) is 8.42 Å².